The van der Waals surface area contributed by atoms with Crippen molar-refractivity contribution in [1.29, 1.82) is 0 Å². The van der Waals surface area contributed by atoms with Gasteiger partial charge in [0, 0.05) is 11.6 Å². The number of nitrogens with zero attached hydrogens (tertiary/aromatic N) is 1. The molecule has 0 bridgehead atoms. The molecule has 0 saturated heterocycles. The molecule has 1 unspecified atom stereocenters. The third kappa shape index (κ3) is 3.70. The van der Waals surface area contributed by atoms with Gasteiger partial charge in [-0.05, 0) is 51.1 Å². The van der Waals surface area contributed by atoms with Crippen LogP contribution < -0.4 is 0 Å². The lowest BCUT2D eigenvalue weighted by molar-refractivity contribution is 0.207. The molecule has 0 aromatic heterocycles. The van der Waals surface area contributed by atoms with E-state index in [4.69, 9.17) is 0 Å². The van der Waals surface area contributed by atoms with Crippen LogP contribution in [0.3, 0.4) is 0 Å². The Labute approximate surface area is 103 Å². The highest BCUT2D eigenvalue weighted by Crippen LogP contribution is 2.29. The molecule has 3 heteroatoms. The standard InChI is InChI=1S/C14H22FNO/c1-4-8-16(9-5-2)11(3)13-10-12(15)6-7-14(13)17/h6-7,10-11,17H,4-5,8-9H2,1-3H3. The predicted octanol–water partition coefficient (Wildman–Crippen LogP) is 3.71. The van der Waals surface area contributed by atoms with Gasteiger partial charge in [0.25, 0.3) is 0 Å². The molecule has 17 heavy (non-hydrogen) atoms. The number of hydrogen-bond donors (Lipinski definition) is 1. The molecule has 1 atom stereocenters. The number of halogens is 1. The predicted molar refractivity (Wildman–Crippen MR) is 68.6 cm³/mol. The first-order valence-electron chi connectivity index (χ1n) is 6.32. The average molecular weight is 239 g/mol. The van der Waals surface area contributed by atoms with Gasteiger partial charge >= 0.3 is 0 Å². The highest BCUT2D eigenvalue weighted by Gasteiger charge is 2.17. The Morgan fingerprint density at radius 1 is 1.24 bits per heavy atom. The van der Waals surface area contributed by atoms with E-state index in [1.54, 1.807) is 0 Å². The van der Waals surface area contributed by atoms with Crippen molar-refractivity contribution in [2.24, 2.45) is 0 Å². The minimum absolute atomic E-state index is 0.0469. The average Bonchev–Trinajstić information content (AvgIpc) is 2.31. The van der Waals surface area contributed by atoms with Gasteiger partial charge in [-0.25, -0.2) is 4.39 Å². The van der Waals surface area contributed by atoms with E-state index in [2.05, 4.69) is 18.7 Å². The van der Waals surface area contributed by atoms with Crippen molar-refractivity contribution >= 4 is 0 Å². The van der Waals surface area contributed by atoms with Crippen LogP contribution in [0.1, 0.15) is 45.2 Å². The Hall–Kier alpha value is -1.09. The summed E-state index contributed by atoms with van der Waals surface area (Å²) in [5.74, 6) is -0.117. The number of phenolic OH excluding ortho intramolecular Hbond substituents is 1. The van der Waals surface area contributed by atoms with Crippen molar-refractivity contribution in [2.45, 2.75) is 39.7 Å². The summed E-state index contributed by atoms with van der Waals surface area (Å²) in [6.07, 6.45) is 2.11. The van der Waals surface area contributed by atoms with Crippen molar-refractivity contribution < 1.29 is 9.50 Å². The monoisotopic (exact) mass is 239 g/mol. The molecule has 0 aliphatic rings. The Morgan fingerprint density at radius 3 is 2.35 bits per heavy atom. The van der Waals surface area contributed by atoms with Gasteiger partial charge in [-0.3, -0.25) is 4.90 Å². The largest absolute Gasteiger partial charge is 0.508 e. The molecule has 96 valence electrons. The number of aromatic hydroxyl groups is 1. The zero-order valence-corrected chi connectivity index (χ0v) is 10.9. The highest BCUT2D eigenvalue weighted by atomic mass is 19.1. The van der Waals surface area contributed by atoms with Crippen molar-refractivity contribution in [3.05, 3.63) is 29.6 Å². The number of rotatable bonds is 6. The maximum absolute atomic E-state index is 13.2. The number of benzene rings is 1. The Morgan fingerprint density at radius 2 is 1.82 bits per heavy atom. The van der Waals surface area contributed by atoms with Gasteiger partial charge in [-0.15, -0.1) is 0 Å². The summed E-state index contributed by atoms with van der Waals surface area (Å²) in [7, 11) is 0. The molecular formula is C14H22FNO. The van der Waals surface area contributed by atoms with Crippen LogP contribution in [-0.2, 0) is 0 Å². The van der Waals surface area contributed by atoms with Crippen LogP contribution in [-0.4, -0.2) is 23.1 Å². The van der Waals surface area contributed by atoms with Crippen molar-refractivity contribution in [2.75, 3.05) is 13.1 Å². The summed E-state index contributed by atoms with van der Waals surface area (Å²) in [5.41, 5.74) is 0.673. The van der Waals surface area contributed by atoms with Crippen LogP contribution in [0.4, 0.5) is 4.39 Å². The zero-order valence-electron chi connectivity index (χ0n) is 10.9. The van der Waals surface area contributed by atoms with Gasteiger partial charge in [-0.2, -0.15) is 0 Å². The summed E-state index contributed by atoms with van der Waals surface area (Å²) < 4.78 is 13.2. The number of hydrogen-bond acceptors (Lipinski definition) is 2. The second kappa shape index (κ2) is 6.60. The summed E-state index contributed by atoms with van der Waals surface area (Å²) in [6.45, 7) is 8.19. The zero-order chi connectivity index (χ0) is 12.8. The van der Waals surface area contributed by atoms with Crippen LogP contribution in [0.15, 0.2) is 18.2 Å². The third-order valence-corrected chi connectivity index (χ3v) is 3.01. The summed E-state index contributed by atoms with van der Waals surface area (Å²) in [4.78, 5) is 2.27. The lowest BCUT2D eigenvalue weighted by Gasteiger charge is -2.29. The van der Waals surface area contributed by atoms with E-state index in [0.717, 1.165) is 25.9 Å². The van der Waals surface area contributed by atoms with Crippen molar-refractivity contribution in [3.8, 4) is 5.75 Å². The molecule has 1 aromatic rings. The van der Waals surface area contributed by atoms with E-state index in [-0.39, 0.29) is 17.6 Å². The number of phenols is 1. The smallest absolute Gasteiger partial charge is 0.123 e. The molecule has 1 aromatic carbocycles. The molecule has 0 radical (unpaired) electrons. The molecule has 0 aliphatic heterocycles. The molecule has 0 heterocycles. The quantitative estimate of drug-likeness (QED) is 0.818. The second-order valence-corrected chi connectivity index (χ2v) is 4.42. The van der Waals surface area contributed by atoms with Gasteiger partial charge in [0.05, 0.1) is 0 Å². The van der Waals surface area contributed by atoms with Crippen LogP contribution in [0.2, 0.25) is 0 Å². The summed E-state index contributed by atoms with van der Waals surface area (Å²) in [6, 6.07) is 4.19. The fraction of sp³-hybridized carbons (Fsp3) is 0.571. The van der Waals surface area contributed by atoms with Gasteiger partial charge in [0.1, 0.15) is 11.6 Å². The van der Waals surface area contributed by atoms with E-state index in [0.29, 0.717) is 5.56 Å². The minimum atomic E-state index is -0.294. The maximum atomic E-state index is 13.2. The first kappa shape index (κ1) is 14.0. The Balaban J connectivity index is 2.91. The third-order valence-electron chi connectivity index (χ3n) is 3.01. The molecule has 0 amide bonds. The van der Waals surface area contributed by atoms with Crippen molar-refractivity contribution in [1.82, 2.24) is 4.90 Å². The van der Waals surface area contributed by atoms with Gasteiger partial charge in [0.2, 0.25) is 0 Å². The Kier molecular flexibility index (Phi) is 5.42. The van der Waals surface area contributed by atoms with E-state index in [1.165, 1.54) is 18.2 Å². The summed E-state index contributed by atoms with van der Waals surface area (Å²) in [5, 5.41) is 9.80. The normalized spacial score (nSPS) is 13.0. The highest BCUT2D eigenvalue weighted by molar-refractivity contribution is 5.34. The second-order valence-electron chi connectivity index (χ2n) is 4.42. The Bertz CT molecular complexity index is 348. The minimum Gasteiger partial charge on any atom is -0.508 e. The first-order chi connectivity index (χ1) is 8.10. The fourth-order valence-electron chi connectivity index (χ4n) is 2.13. The topological polar surface area (TPSA) is 23.5 Å². The molecule has 0 fully saturated rings. The fourth-order valence-corrected chi connectivity index (χ4v) is 2.13. The van der Waals surface area contributed by atoms with E-state index < -0.39 is 0 Å². The SMILES string of the molecule is CCCN(CCC)C(C)c1cc(F)ccc1O. The maximum Gasteiger partial charge on any atom is 0.123 e. The van der Waals surface area contributed by atoms with Crippen LogP contribution in [0, 0.1) is 5.82 Å². The molecule has 2 nitrogen and oxygen atoms in total. The lowest BCUT2D eigenvalue weighted by Crippen LogP contribution is -2.28. The lowest BCUT2D eigenvalue weighted by atomic mass is 10.0. The molecule has 1 rings (SSSR count). The molecule has 0 saturated carbocycles. The van der Waals surface area contributed by atoms with Crippen LogP contribution in [0.25, 0.3) is 0 Å². The van der Waals surface area contributed by atoms with Gasteiger partial charge < -0.3 is 5.11 Å². The van der Waals surface area contributed by atoms with E-state index in [1.807, 2.05) is 6.92 Å². The van der Waals surface area contributed by atoms with Crippen LogP contribution >= 0.6 is 0 Å². The molecule has 0 aliphatic carbocycles. The molecule has 1 N–H and O–H groups in total. The first-order valence-corrected chi connectivity index (χ1v) is 6.32. The van der Waals surface area contributed by atoms with Crippen molar-refractivity contribution in [3.63, 3.8) is 0 Å². The summed E-state index contributed by atoms with van der Waals surface area (Å²) >= 11 is 0. The van der Waals surface area contributed by atoms with E-state index >= 15 is 0 Å². The van der Waals surface area contributed by atoms with Gasteiger partial charge in [0.15, 0.2) is 0 Å². The molecule has 0 spiro atoms. The molecular weight excluding hydrogens is 217 g/mol. The van der Waals surface area contributed by atoms with Crippen LogP contribution in [0.5, 0.6) is 5.75 Å². The van der Waals surface area contributed by atoms with Gasteiger partial charge in [-0.1, -0.05) is 13.8 Å². The van der Waals surface area contributed by atoms with E-state index in [9.17, 15) is 9.50 Å².